The average Bonchev–Trinajstić information content (AvgIpc) is 2.28. The van der Waals surface area contributed by atoms with Crippen LogP contribution in [0.4, 0.5) is 0 Å². The minimum atomic E-state index is -1.63. The Labute approximate surface area is 123 Å². The first-order valence-corrected chi connectivity index (χ1v) is 6.06. The van der Waals surface area contributed by atoms with Gasteiger partial charge in [0.05, 0.1) is 0 Å². The number of hydrogen-bond acceptors (Lipinski definition) is 3. The minimum Gasteiger partial charge on any atom is -0.538 e. The molecule has 17 heavy (non-hydrogen) atoms. The second kappa shape index (κ2) is 4.37. The van der Waals surface area contributed by atoms with Crippen molar-refractivity contribution >= 4 is 12.2 Å². The maximum Gasteiger partial charge on any atom is 1.00 e. The average molecular weight is 240 g/mol. The SMILES string of the molecule is [Na+].c1ccc([B-]23OC4CC(CC(C4)O2)O3)cc1. The van der Waals surface area contributed by atoms with Crippen LogP contribution in [0.25, 0.3) is 0 Å². The van der Waals surface area contributed by atoms with Gasteiger partial charge in [-0.1, -0.05) is 30.3 Å². The van der Waals surface area contributed by atoms with Gasteiger partial charge in [0.2, 0.25) is 0 Å². The van der Waals surface area contributed by atoms with Crippen molar-refractivity contribution in [3.63, 3.8) is 0 Å². The van der Waals surface area contributed by atoms with E-state index in [1.165, 1.54) is 0 Å². The van der Waals surface area contributed by atoms with Crippen molar-refractivity contribution in [3.05, 3.63) is 30.3 Å². The van der Waals surface area contributed by atoms with Crippen molar-refractivity contribution < 1.29 is 43.5 Å². The predicted molar refractivity (Wildman–Crippen MR) is 60.3 cm³/mol. The third-order valence-corrected chi connectivity index (χ3v) is 3.90. The molecule has 0 spiro atoms. The Bertz CT molecular complexity index is 376. The molecule has 4 bridgehead atoms. The van der Waals surface area contributed by atoms with Gasteiger partial charge in [-0.25, -0.2) is 0 Å². The molecule has 0 N–H and O–H groups in total. The van der Waals surface area contributed by atoms with Crippen LogP contribution in [0.1, 0.15) is 19.3 Å². The van der Waals surface area contributed by atoms with E-state index in [0.717, 1.165) is 24.7 Å². The van der Waals surface area contributed by atoms with Crippen molar-refractivity contribution in [1.29, 1.82) is 0 Å². The van der Waals surface area contributed by atoms with Gasteiger partial charge < -0.3 is 14.0 Å². The summed E-state index contributed by atoms with van der Waals surface area (Å²) in [6.45, 7) is -1.63. The maximum absolute atomic E-state index is 6.01. The zero-order valence-corrected chi connectivity index (χ0v) is 12.0. The molecule has 3 saturated heterocycles. The molecule has 0 aromatic heterocycles. The molecule has 0 amide bonds. The summed E-state index contributed by atoms with van der Waals surface area (Å²) in [6, 6.07) is 10.1. The normalized spacial score (nSPS) is 42.2. The summed E-state index contributed by atoms with van der Waals surface area (Å²) >= 11 is 0. The van der Waals surface area contributed by atoms with E-state index < -0.39 is 6.75 Å². The van der Waals surface area contributed by atoms with Crippen LogP contribution < -0.4 is 35.0 Å². The fraction of sp³-hybridized carbons (Fsp3) is 0.500. The van der Waals surface area contributed by atoms with E-state index in [-0.39, 0.29) is 29.6 Å². The van der Waals surface area contributed by atoms with Gasteiger partial charge >= 0.3 is 36.3 Å². The summed E-state index contributed by atoms with van der Waals surface area (Å²) in [5.41, 5.74) is 1.04. The first kappa shape index (κ1) is 12.2. The van der Waals surface area contributed by atoms with Gasteiger partial charge in [0.15, 0.2) is 0 Å². The molecular weight excluding hydrogens is 226 g/mol. The molecule has 3 heterocycles. The van der Waals surface area contributed by atoms with Crippen LogP contribution in [0, 0.1) is 0 Å². The smallest absolute Gasteiger partial charge is 0.538 e. The number of rotatable bonds is 1. The topological polar surface area (TPSA) is 27.7 Å². The third kappa shape index (κ3) is 1.91. The van der Waals surface area contributed by atoms with Crippen LogP contribution >= 0.6 is 0 Å². The molecule has 1 saturated carbocycles. The summed E-state index contributed by atoms with van der Waals surface area (Å²) in [6.07, 6.45) is 4.13. The van der Waals surface area contributed by atoms with Gasteiger partial charge in [-0.2, -0.15) is 0 Å². The summed E-state index contributed by atoms with van der Waals surface area (Å²) in [4.78, 5) is 0. The molecule has 4 fully saturated rings. The fourth-order valence-electron chi connectivity index (χ4n) is 3.28. The zero-order chi connectivity index (χ0) is 10.6. The molecule has 4 aliphatic rings. The van der Waals surface area contributed by atoms with Gasteiger partial charge in [0, 0.05) is 18.3 Å². The summed E-state index contributed by atoms with van der Waals surface area (Å²) in [5, 5.41) is 0. The Morgan fingerprint density at radius 3 is 1.76 bits per heavy atom. The molecule has 84 valence electrons. The fourth-order valence-corrected chi connectivity index (χ4v) is 3.28. The van der Waals surface area contributed by atoms with E-state index in [4.69, 9.17) is 14.0 Å². The summed E-state index contributed by atoms with van der Waals surface area (Å²) < 4.78 is 18.0. The number of benzene rings is 1. The first-order chi connectivity index (χ1) is 7.84. The molecule has 1 aromatic rings. The van der Waals surface area contributed by atoms with Gasteiger partial charge in [0.25, 0.3) is 0 Å². The molecule has 0 unspecified atom stereocenters. The van der Waals surface area contributed by atoms with Crippen LogP contribution in [0.3, 0.4) is 0 Å². The molecular formula is C12H14BNaO3. The maximum atomic E-state index is 6.01. The molecule has 3 nitrogen and oxygen atoms in total. The van der Waals surface area contributed by atoms with Crippen LogP contribution in [-0.4, -0.2) is 25.1 Å². The van der Waals surface area contributed by atoms with Crippen molar-refractivity contribution in [3.8, 4) is 0 Å². The second-order valence-corrected chi connectivity index (χ2v) is 5.03. The molecule has 1 aromatic carbocycles. The van der Waals surface area contributed by atoms with Gasteiger partial charge in [-0.3, -0.25) is 0 Å². The molecule has 0 radical (unpaired) electrons. The Morgan fingerprint density at radius 2 is 1.29 bits per heavy atom. The monoisotopic (exact) mass is 240 g/mol. The van der Waals surface area contributed by atoms with Crippen LogP contribution in [0.5, 0.6) is 0 Å². The van der Waals surface area contributed by atoms with E-state index in [1.807, 2.05) is 30.3 Å². The predicted octanol–water partition coefficient (Wildman–Crippen LogP) is -1.80. The standard InChI is InChI=1S/C12H14BO3.Na/c1-2-4-9(5-3-1)13-14-10-6-11(15-13)8-12(7-10)16-13;/h1-5,10-12H,6-8H2;/q-1;+1. The van der Waals surface area contributed by atoms with Crippen LogP contribution in [-0.2, 0) is 14.0 Å². The van der Waals surface area contributed by atoms with Crippen molar-refractivity contribution in [2.24, 2.45) is 0 Å². The van der Waals surface area contributed by atoms with E-state index in [9.17, 15) is 0 Å². The van der Waals surface area contributed by atoms with Crippen molar-refractivity contribution in [1.82, 2.24) is 0 Å². The molecule has 5 heteroatoms. The second-order valence-electron chi connectivity index (χ2n) is 5.03. The molecule has 1 aliphatic carbocycles. The van der Waals surface area contributed by atoms with E-state index in [0.29, 0.717) is 18.3 Å². The van der Waals surface area contributed by atoms with Crippen molar-refractivity contribution in [2.75, 3.05) is 0 Å². The number of hydrogen-bond donors (Lipinski definition) is 0. The molecule has 3 aliphatic heterocycles. The largest absolute Gasteiger partial charge is 1.00 e. The van der Waals surface area contributed by atoms with Crippen molar-refractivity contribution in [2.45, 2.75) is 37.6 Å². The van der Waals surface area contributed by atoms with Crippen LogP contribution in [0.15, 0.2) is 30.3 Å². The Kier molecular flexibility index (Phi) is 3.14. The quantitative estimate of drug-likeness (QED) is 0.542. The van der Waals surface area contributed by atoms with E-state index in [1.54, 1.807) is 0 Å². The zero-order valence-electron chi connectivity index (χ0n) is 10.0. The van der Waals surface area contributed by atoms with E-state index >= 15 is 0 Å². The third-order valence-electron chi connectivity index (χ3n) is 3.90. The Hall–Kier alpha value is 0.165. The van der Waals surface area contributed by atoms with Crippen LogP contribution in [0.2, 0.25) is 0 Å². The Morgan fingerprint density at radius 1 is 0.824 bits per heavy atom. The summed E-state index contributed by atoms with van der Waals surface area (Å²) in [7, 11) is 0. The molecule has 0 atom stereocenters. The van der Waals surface area contributed by atoms with E-state index in [2.05, 4.69) is 0 Å². The summed E-state index contributed by atoms with van der Waals surface area (Å²) in [5.74, 6) is 0. The molecule has 5 rings (SSSR count). The minimum absolute atomic E-state index is 0. The first-order valence-electron chi connectivity index (χ1n) is 6.06. The van der Waals surface area contributed by atoms with Gasteiger partial charge in [-0.15, -0.1) is 5.46 Å². The van der Waals surface area contributed by atoms with Gasteiger partial charge in [0.1, 0.15) is 0 Å². The Balaban J connectivity index is 0.000000902. The van der Waals surface area contributed by atoms with Gasteiger partial charge in [-0.05, 0) is 19.3 Å².